The van der Waals surface area contributed by atoms with E-state index in [1.165, 1.54) is 21.6 Å². The molecule has 0 fully saturated rings. The van der Waals surface area contributed by atoms with Gasteiger partial charge in [-0.15, -0.1) is 11.8 Å². The highest BCUT2D eigenvalue weighted by Crippen LogP contribution is 2.17. The number of carbonyl (C=O) groups is 1. The lowest BCUT2D eigenvalue weighted by molar-refractivity contribution is 0.0983. The minimum absolute atomic E-state index is 0.221. The van der Waals surface area contributed by atoms with Crippen LogP contribution in [0.5, 0.6) is 0 Å². The molecule has 2 rings (SSSR count). The number of thioether (sulfide) groups is 1. The maximum Gasteiger partial charge on any atom is 0.163 e. The number of Topliss-reactive ketones (excluding diaryl/α,β-unsaturated/α-hetero) is 1. The fraction of sp³-hybridized carbons (Fsp3) is 0.278. The molecular weight excluding hydrogens is 264 g/mol. The summed E-state index contributed by atoms with van der Waals surface area (Å²) >= 11 is 1.69. The number of hydrogen-bond acceptors (Lipinski definition) is 2. The monoisotopic (exact) mass is 284 g/mol. The van der Waals surface area contributed by atoms with Gasteiger partial charge in [-0.2, -0.15) is 0 Å². The molecule has 0 saturated heterocycles. The van der Waals surface area contributed by atoms with Crippen molar-refractivity contribution in [3.63, 3.8) is 0 Å². The molecule has 0 bridgehead atoms. The molecule has 2 aromatic carbocycles. The van der Waals surface area contributed by atoms with E-state index in [0.29, 0.717) is 6.42 Å². The van der Waals surface area contributed by atoms with E-state index in [1.807, 2.05) is 30.5 Å². The third-order valence-electron chi connectivity index (χ3n) is 3.54. The van der Waals surface area contributed by atoms with Crippen LogP contribution in [-0.2, 0) is 6.42 Å². The van der Waals surface area contributed by atoms with Gasteiger partial charge in [0, 0.05) is 16.9 Å². The van der Waals surface area contributed by atoms with Crippen molar-refractivity contribution in [2.24, 2.45) is 0 Å². The highest BCUT2D eigenvalue weighted by molar-refractivity contribution is 7.98. The molecule has 0 saturated carbocycles. The Bertz CT molecular complexity index is 599. The summed E-state index contributed by atoms with van der Waals surface area (Å²) in [5.41, 5.74) is 4.61. The topological polar surface area (TPSA) is 17.1 Å². The number of ketones is 1. The van der Waals surface area contributed by atoms with E-state index in [-0.39, 0.29) is 5.78 Å². The number of aryl methyl sites for hydroxylation is 3. The molecule has 0 aromatic heterocycles. The van der Waals surface area contributed by atoms with Crippen molar-refractivity contribution in [1.29, 1.82) is 0 Å². The van der Waals surface area contributed by atoms with Crippen LogP contribution in [0.4, 0.5) is 0 Å². The quantitative estimate of drug-likeness (QED) is 0.577. The summed E-state index contributed by atoms with van der Waals surface area (Å²) < 4.78 is 0. The van der Waals surface area contributed by atoms with E-state index in [2.05, 4.69) is 32.0 Å². The van der Waals surface area contributed by atoms with Gasteiger partial charge in [0.25, 0.3) is 0 Å². The van der Waals surface area contributed by atoms with E-state index >= 15 is 0 Å². The minimum atomic E-state index is 0.221. The van der Waals surface area contributed by atoms with Crippen LogP contribution in [0.15, 0.2) is 47.4 Å². The maximum absolute atomic E-state index is 12.2. The molecule has 0 spiro atoms. The van der Waals surface area contributed by atoms with E-state index in [1.54, 1.807) is 11.8 Å². The highest BCUT2D eigenvalue weighted by Gasteiger charge is 2.07. The Morgan fingerprint density at radius 3 is 2.40 bits per heavy atom. The van der Waals surface area contributed by atoms with Crippen LogP contribution >= 0.6 is 11.8 Å². The lowest BCUT2D eigenvalue weighted by Crippen LogP contribution is -2.02. The molecule has 0 atom stereocenters. The van der Waals surface area contributed by atoms with Gasteiger partial charge in [-0.3, -0.25) is 4.79 Å². The Balaban J connectivity index is 2.02. The Morgan fingerprint density at radius 2 is 1.75 bits per heavy atom. The van der Waals surface area contributed by atoms with Gasteiger partial charge in [-0.25, -0.2) is 0 Å². The fourth-order valence-electron chi connectivity index (χ4n) is 2.24. The molecule has 0 amide bonds. The van der Waals surface area contributed by atoms with Crippen molar-refractivity contribution in [3.8, 4) is 0 Å². The van der Waals surface area contributed by atoms with Crippen LogP contribution in [0, 0.1) is 13.8 Å². The second-order valence-corrected chi connectivity index (χ2v) is 5.96. The summed E-state index contributed by atoms with van der Waals surface area (Å²) in [4.78, 5) is 13.4. The predicted molar refractivity (Wildman–Crippen MR) is 86.8 cm³/mol. The zero-order valence-corrected chi connectivity index (χ0v) is 13.1. The standard InChI is InChI=1S/C18H20OS/c1-13-4-5-14(2)16(12-13)8-11-18(19)15-6-9-17(20-3)10-7-15/h4-7,9-10,12H,8,11H2,1-3H3. The molecule has 0 aliphatic rings. The molecule has 2 heteroatoms. The number of rotatable bonds is 5. The van der Waals surface area contributed by atoms with Gasteiger partial charge >= 0.3 is 0 Å². The third-order valence-corrected chi connectivity index (χ3v) is 4.28. The maximum atomic E-state index is 12.2. The van der Waals surface area contributed by atoms with Gasteiger partial charge in [0.2, 0.25) is 0 Å². The second-order valence-electron chi connectivity index (χ2n) is 5.08. The Labute approximate surface area is 125 Å². The summed E-state index contributed by atoms with van der Waals surface area (Å²) in [5, 5.41) is 0. The molecule has 0 aliphatic heterocycles. The van der Waals surface area contributed by atoms with Gasteiger partial charge < -0.3 is 0 Å². The van der Waals surface area contributed by atoms with E-state index in [9.17, 15) is 4.79 Å². The molecule has 20 heavy (non-hydrogen) atoms. The molecule has 0 N–H and O–H groups in total. The van der Waals surface area contributed by atoms with E-state index in [0.717, 1.165) is 12.0 Å². The predicted octanol–water partition coefficient (Wildman–Crippen LogP) is 4.84. The molecule has 1 nitrogen and oxygen atoms in total. The average Bonchev–Trinajstić information content (AvgIpc) is 2.48. The van der Waals surface area contributed by atoms with E-state index < -0.39 is 0 Å². The fourth-order valence-corrected chi connectivity index (χ4v) is 2.65. The lowest BCUT2D eigenvalue weighted by Gasteiger charge is -2.07. The smallest absolute Gasteiger partial charge is 0.163 e. The molecule has 104 valence electrons. The highest BCUT2D eigenvalue weighted by atomic mass is 32.2. The summed E-state index contributed by atoms with van der Waals surface area (Å²) in [5.74, 6) is 0.221. The largest absolute Gasteiger partial charge is 0.294 e. The van der Waals surface area contributed by atoms with Crippen molar-refractivity contribution >= 4 is 17.5 Å². The van der Waals surface area contributed by atoms with Crippen LogP contribution in [0.25, 0.3) is 0 Å². The van der Waals surface area contributed by atoms with Crippen molar-refractivity contribution < 1.29 is 4.79 Å². The minimum Gasteiger partial charge on any atom is -0.294 e. The van der Waals surface area contributed by atoms with Crippen LogP contribution in [0.1, 0.15) is 33.5 Å². The van der Waals surface area contributed by atoms with Crippen molar-refractivity contribution in [2.75, 3.05) is 6.26 Å². The van der Waals surface area contributed by atoms with E-state index in [4.69, 9.17) is 0 Å². The van der Waals surface area contributed by atoms with Gasteiger partial charge in [0.1, 0.15) is 0 Å². The van der Waals surface area contributed by atoms with Crippen LogP contribution in [0.3, 0.4) is 0 Å². The molecule has 0 radical (unpaired) electrons. The van der Waals surface area contributed by atoms with Crippen LogP contribution in [0.2, 0.25) is 0 Å². The molecule has 0 heterocycles. The summed E-state index contributed by atoms with van der Waals surface area (Å²) in [6.45, 7) is 4.19. The molecule has 0 aliphatic carbocycles. The van der Waals surface area contributed by atoms with Crippen molar-refractivity contribution in [1.82, 2.24) is 0 Å². The van der Waals surface area contributed by atoms with Gasteiger partial charge in [0.05, 0.1) is 0 Å². The Kier molecular flexibility index (Phi) is 5.02. The van der Waals surface area contributed by atoms with Crippen molar-refractivity contribution in [3.05, 3.63) is 64.7 Å². The first-order valence-corrected chi connectivity index (χ1v) is 8.06. The first-order valence-electron chi connectivity index (χ1n) is 6.83. The zero-order chi connectivity index (χ0) is 14.5. The number of benzene rings is 2. The Hall–Kier alpha value is -1.54. The third kappa shape index (κ3) is 3.73. The summed E-state index contributed by atoms with van der Waals surface area (Å²) in [6, 6.07) is 14.3. The van der Waals surface area contributed by atoms with Crippen LogP contribution in [-0.4, -0.2) is 12.0 Å². The summed E-state index contributed by atoms with van der Waals surface area (Å²) in [7, 11) is 0. The Morgan fingerprint density at radius 1 is 1.05 bits per heavy atom. The van der Waals surface area contributed by atoms with Gasteiger partial charge in [0.15, 0.2) is 5.78 Å². The zero-order valence-electron chi connectivity index (χ0n) is 12.3. The number of carbonyl (C=O) groups excluding carboxylic acids is 1. The first kappa shape index (κ1) is 14.9. The molecule has 2 aromatic rings. The number of hydrogen-bond donors (Lipinski definition) is 0. The molecular formula is C18H20OS. The average molecular weight is 284 g/mol. The normalized spacial score (nSPS) is 10.6. The first-order chi connectivity index (χ1) is 9.60. The van der Waals surface area contributed by atoms with Gasteiger partial charge in [-0.05, 0) is 49.8 Å². The lowest BCUT2D eigenvalue weighted by atomic mass is 9.98. The SMILES string of the molecule is CSc1ccc(C(=O)CCc2cc(C)ccc2C)cc1. The van der Waals surface area contributed by atoms with Crippen molar-refractivity contribution in [2.45, 2.75) is 31.6 Å². The second kappa shape index (κ2) is 6.76. The van der Waals surface area contributed by atoms with Gasteiger partial charge in [-0.1, -0.05) is 35.9 Å². The molecule has 0 unspecified atom stereocenters. The summed E-state index contributed by atoms with van der Waals surface area (Å²) in [6.07, 6.45) is 3.43. The van der Waals surface area contributed by atoms with Crippen LogP contribution < -0.4 is 0 Å².